The molecule has 2 unspecified atom stereocenters. The van der Waals surface area contributed by atoms with Crippen molar-refractivity contribution in [3.05, 3.63) is 29.8 Å². The lowest BCUT2D eigenvalue weighted by molar-refractivity contribution is -0.137. The highest BCUT2D eigenvalue weighted by molar-refractivity contribution is 5.81. The molecule has 0 saturated carbocycles. The van der Waals surface area contributed by atoms with Crippen molar-refractivity contribution in [2.45, 2.75) is 18.4 Å². The largest absolute Gasteiger partial charge is 0.491 e. The Morgan fingerprint density at radius 2 is 2.12 bits per heavy atom. The molecule has 0 aromatic heterocycles. The van der Waals surface area contributed by atoms with Crippen LogP contribution in [0.25, 0.3) is 0 Å². The molecule has 1 heterocycles. The molecule has 1 aliphatic rings. The zero-order valence-electron chi connectivity index (χ0n) is 12.8. The molecule has 1 amide bonds. The van der Waals surface area contributed by atoms with Crippen LogP contribution in [-0.2, 0) is 15.7 Å². The Hall–Kier alpha value is -1.84. The Bertz CT molecular complexity index is 531. The van der Waals surface area contributed by atoms with Crippen LogP contribution in [0.1, 0.15) is 5.56 Å². The number of morpholine rings is 1. The highest BCUT2D eigenvalue weighted by Gasteiger charge is 2.30. The van der Waals surface area contributed by atoms with Gasteiger partial charge in [0.05, 0.1) is 12.2 Å². The third-order valence-corrected chi connectivity index (χ3v) is 3.36. The average Bonchev–Trinajstić information content (AvgIpc) is 2.58. The van der Waals surface area contributed by atoms with Crippen molar-refractivity contribution < 1.29 is 32.5 Å². The fraction of sp³-hybridized carbons (Fsp3) is 0.533. The standard InChI is InChI=1S/C15H19F3N2O4/c16-15(17,18)10-1-3-12(4-2-10)24-9-11(21)7-20-14(22)13-8-19-5-6-23-13/h1-4,11,13,19,21H,5-9H2,(H,20,22). The average molecular weight is 348 g/mol. The quantitative estimate of drug-likeness (QED) is 0.700. The lowest BCUT2D eigenvalue weighted by Gasteiger charge is -2.23. The summed E-state index contributed by atoms with van der Waals surface area (Å²) in [6, 6.07) is 4.15. The minimum absolute atomic E-state index is 0.0423. The summed E-state index contributed by atoms with van der Waals surface area (Å²) in [6.45, 7) is 1.34. The van der Waals surface area contributed by atoms with Gasteiger partial charge in [0.1, 0.15) is 24.6 Å². The molecule has 0 radical (unpaired) electrons. The molecular formula is C15H19F3N2O4. The maximum Gasteiger partial charge on any atom is 0.416 e. The van der Waals surface area contributed by atoms with Gasteiger partial charge < -0.3 is 25.2 Å². The molecule has 24 heavy (non-hydrogen) atoms. The van der Waals surface area contributed by atoms with Gasteiger partial charge in [-0.1, -0.05) is 0 Å². The molecule has 2 rings (SSSR count). The third-order valence-electron chi connectivity index (χ3n) is 3.36. The van der Waals surface area contributed by atoms with Crippen LogP contribution in [0.15, 0.2) is 24.3 Å². The van der Waals surface area contributed by atoms with Crippen LogP contribution >= 0.6 is 0 Å². The van der Waals surface area contributed by atoms with E-state index >= 15 is 0 Å². The minimum atomic E-state index is -4.40. The van der Waals surface area contributed by atoms with Crippen molar-refractivity contribution in [3.63, 3.8) is 0 Å². The van der Waals surface area contributed by atoms with E-state index in [4.69, 9.17) is 9.47 Å². The highest BCUT2D eigenvalue weighted by Crippen LogP contribution is 2.30. The van der Waals surface area contributed by atoms with Crippen LogP contribution in [0.2, 0.25) is 0 Å². The maximum atomic E-state index is 12.4. The van der Waals surface area contributed by atoms with Crippen molar-refractivity contribution in [1.82, 2.24) is 10.6 Å². The van der Waals surface area contributed by atoms with E-state index in [2.05, 4.69) is 10.6 Å². The van der Waals surface area contributed by atoms with E-state index in [0.29, 0.717) is 19.7 Å². The zero-order chi connectivity index (χ0) is 17.6. The number of aliphatic hydroxyl groups is 1. The Morgan fingerprint density at radius 3 is 2.71 bits per heavy atom. The number of amides is 1. The van der Waals surface area contributed by atoms with Gasteiger partial charge in [-0.2, -0.15) is 13.2 Å². The SMILES string of the molecule is O=C(NCC(O)COc1ccc(C(F)(F)F)cc1)C1CNCCO1. The molecule has 1 aromatic rings. The number of nitrogens with one attached hydrogen (secondary N) is 2. The third kappa shape index (κ3) is 5.66. The van der Waals surface area contributed by atoms with Gasteiger partial charge in [-0.3, -0.25) is 4.79 Å². The topological polar surface area (TPSA) is 79.8 Å². The Labute approximate surface area is 136 Å². The predicted octanol–water partition coefficient (Wildman–Crippen LogP) is 0.550. The van der Waals surface area contributed by atoms with Gasteiger partial charge >= 0.3 is 6.18 Å². The number of benzene rings is 1. The second-order valence-electron chi connectivity index (χ2n) is 5.30. The monoisotopic (exact) mass is 348 g/mol. The minimum Gasteiger partial charge on any atom is -0.491 e. The first-order valence-electron chi connectivity index (χ1n) is 7.44. The summed E-state index contributed by atoms with van der Waals surface area (Å²) in [4.78, 5) is 11.8. The number of carbonyl (C=O) groups excluding carboxylic acids is 1. The number of hydrogen-bond acceptors (Lipinski definition) is 5. The number of alkyl halides is 3. The van der Waals surface area contributed by atoms with Crippen LogP contribution in [0.3, 0.4) is 0 Å². The molecular weight excluding hydrogens is 329 g/mol. The fourth-order valence-electron chi connectivity index (χ4n) is 2.06. The van der Waals surface area contributed by atoms with E-state index in [9.17, 15) is 23.1 Å². The summed E-state index contributed by atoms with van der Waals surface area (Å²) in [5.74, 6) is -0.135. The Morgan fingerprint density at radius 1 is 1.42 bits per heavy atom. The maximum absolute atomic E-state index is 12.4. The van der Waals surface area contributed by atoms with Crippen LogP contribution in [0.4, 0.5) is 13.2 Å². The fourth-order valence-corrected chi connectivity index (χ4v) is 2.06. The summed E-state index contributed by atoms with van der Waals surface area (Å²) in [6.07, 6.45) is -5.99. The molecule has 3 N–H and O–H groups in total. The van der Waals surface area contributed by atoms with Crippen LogP contribution in [0, 0.1) is 0 Å². The normalized spacial score (nSPS) is 19.6. The van der Waals surface area contributed by atoms with Gasteiger partial charge in [-0.25, -0.2) is 0 Å². The summed E-state index contributed by atoms with van der Waals surface area (Å²) in [7, 11) is 0. The Balaban J connectivity index is 1.70. The summed E-state index contributed by atoms with van der Waals surface area (Å²) in [5.41, 5.74) is -0.774. The Kier molecular flexibility index (Phi) is 6.41. The van der Waals surface area contributed by atoms with Gasteiger partial charge in [0.15, 0.2) is 0 Å². The second-order valence-corrected chi connectivity index (χ2v) is 5.30. The van der Waals surface area contributed by atoms with Gasteiger partial charge in [-0.05, 0) is 24.3 Å². The lowest BCUT2D eigenvalue weighted by atomic mass is 10.2. The van der Waals surface area contributed by atoms with Crippen molar-refractivity contribution >= 4 is 5.91 Å². The van der Waals surface area contributed by atoms with Gasteiger partial charge in [0.2, 0.25) is 0 Å². The molecule has 1 aromatic carbocycles. The molecule has 9 heteroatoms. The molecule has 6 nitrogen and oxygen atoms in total. The zero-order valence-corrected chi connectivity index (χ0v) is 12.8. The summed E-state index contributed by atoms with van der Waals surface area (Å²) < 4.78 is 47.7. The van der Waals surface area contributed by atoms with E-state index in [1.54, 1.807) is 0 Å². The van der Waals surface area contributed by atoms with Crippen molar-refractivity contribution in [2.24, 2.45) is 0 Å². The summed E-state index contributed by atoms with van der Waals surface area (Å²) >= 11 is 0. The second kappa shape index (κ2) is 8.32. The molecule has 1 fully saturated rings. The van der Waals surface area contributed by atoms with Crippen LogP contribution < -0.4 is 15.4 Å². The molecule has 0 spiro atoms. The van der Waals surface area contributed by atoms with E-state index in [1.165, 1.54) is 12.1 Å². The first-order chi connectivity index (χ1) is 11.4. The first-order valence-corrected chi connectivity index (χ1v) is 7.44. The summed E-state index contributed by atoms with van der Waals surface area (Å²) in [5, 5.41) is 15.3. The number of halogens is 3. The number of aliphatic hydroxyl groups excluding tert-OH is 1. The van der Waals surface area contributed by atoms with Crippen LogP contribution in [-0.4, -0.2) is 56.1 Å². The van der Waals surface area contributed by atoms with Gasteiger partial charge in [0.25, 0.3) is 5.91 Å². The first kappa shape index (κ1) is 18.5. The highest BCUT2D eigenvalue weighted by atomic mass is 19.4. The van der Waals surface area contributed by atoms with E-state index in [-0.39, 0.29) is 24.8 Å². The van der Waals surface area contributed by atoms with Crippen molar-refractivity contribution in [2.75, 3.05) is 32.8 Å². The predicted molar refractivity (Wildman–Crippen MR) is 78.6 cm³/mol. The van der Waals surface area contributed by atoms with Gasteiger partial charge in [-0.15, -0.1) is 0 Å². The van der Waals surface area contributed by atoms with E-state index in [0.717, 1.165) is 12.1 Å². The smallest absolute Gasteiger partial charge is 0.416 e. The number of rotatable bonds is 6. The lowest BCUT2D eigenvalue weighted by Crippen LogP contribution is -2.49. The van der Waals surface area contributed by atoms with E-state index in [1.807, 2.05) is 0 Å². The molecule has 2 atom stereocenters. The van der Waals surface area contributed by atoms with Gasteiger partial charge in [0, 0.05) is 19.6 Å². The number of ether oxygens (including phenoxy) is 2. The molecule has 1 saturated heterocycles. The number of carbonyl (C=O) groups is 1. The molecule has 134 valence electrons. The molecule has 0 aliphatic carbocycles. The molecule has 0 bridgehead atoms. The van der Waals surface area contributed by atoms with Crippen molar-refractivity contribution in [3.8, 4) is 5.75 Å². The molecule has 1 aliphatic heterocycles. The van der Waals surface area contributed by atoms with Crippen molar-refractivity contribution in [1.29, 1.82) is 0 Å². The van der Waals surface area contributed by atoms with E-state index < -0.39 is 23.9 Å². The van der Waals surface area contributed by atoms with Crippen LogP contribution in [0.5, 0.6) is 5.75 Å². The number of hydrogen-bond donors (Lipinski definition) is 3.